The van der Waals surface area contributed by atoms with E-state index in [1.165, 1.54) is 0 Å². The summed E-state index contributed by atoms with van der Waals surface area (Å²) in [6.45, 7) is 4.45. The summed E-state index contributed by atoms with van der Waals surface area (Å²) in [7, 11) is 0. The van der Waals surface area contributed by atoms with Crippen molar-refractivity contribution in [2.75, 3.05) is 6.54 Å². The van der Waals surface area contributed by atoms with E-state index < -0.39 is 11.5 Å². The number of hydrogen-bond donors (Lipinski definition) is 2. The van der Waals surface area contributed by atoms with Gasteiger partial charge >= 0.3 is 12.0 Å². The Hall–Kier alpha value is -1.26. The fraction of sp³-hybridized carbons (Fsp3) is 0.857. The maximum atomic E-state index is 12.4. The number of urea groups is 1. The molecular weight excluding hydrogens is 244 g/mol. The molecule has 0 aromatic carbocycles. The first-order valence-electron chi connectivity index (χ1n) is 7.31. The fourth-order valence-corrected chi connectivity index (χ4v) is 2.98. The van der Waals surface area contributed by atoms with Gasteiger partial charge in [0, 0.05) is 12.6 Å². The normalized spacial score (nSPS) is 26.6. The molecule has 2 rings (SSSR count). The minimum absolute atomic E-state index is 0.0822. The molecule has 0 aromatic heterocycles. The van der Waals surface area contributed by atoms with Gasteiger partial charge in [-0.1, -0.05) is 6.92 Å². The lowest BCUT2D eigenvalue weighted by atomic mass is 9.95. The van der Waals surface area contributed by atoms with Crippen LogP contribution in [0.15, 0.2) is 0 Å². The summed E-state index contributed by atoms with van der Waals surface area (Å²) in [6, 6.07) is 0.0503. The van der Waals surface area contributed by atoms with E-state index in [1.807, 2.05) is 4.90 Å². The van der Waals surface area contributed by atoms with E-state index >= 15 is 0 Å². The van der Waals surface area contributed by atoms with Crippen molar-refractivity contribution in [2.45, 2.75) is 64.0 Å². The molecule has 2 atom stereocenters. The number of aliphatic carboxylic acids is 1. The van der Waals surface area contributed by atoms with Crippen LogP contribution in [0.1, 0.15) is 52.4 Å². The molecule has 2 unspecified atom stereocenters. The molecule has 2 amide bonds. The van der Waals surface area contributed by atoms with E-state index in [0.29, 0.717) is 0 Å². The number of carbonyl (C=O) groups is 2. The third-order valence-corrected chi connectivity index (χ3v) is 4.56. The molecular formula is C14H24N2O3. The van der Waals surface area contributed by atoms with Crippen molar-refractivity contribution in [3.05, 3.63) is 0 Å². The number of piperidine rings is 1. The van der Waals surface area contributed by atoms with Gasteiger partial charge in [-0.25, -0.2) is 9.59 Å². The van der Waals surface area contributed by atoms with Gasteiger partial charge in [0.2, 0.25) is 0 Å². The minimum Gasteiger partial charge on any atom is -0.480 e. The van der Waals surface area contributed by atoms with Crippen molar-refractivity contribution < 1.29 is 14.7 Å². The molecule has 1 saturated carbocycles. The smallest absolute Gasteiger partial charge is 0.329 e. The van der Waals surface area contributed by atoms with Crippen molar-refractivity contribution in [3.8, 4) is 0 Å². The van der Waals surface area contributed by atoms with Gasteiger partial charge in [0.25, 0.3) is 0 Å². The van der Waals surface area contributed by atoms with Crippen LogP contribution in [-0.2, 0) is 4.79 Å². The van der Waals surface area contributed by atoms with Crippen LogP contribution < -0.4 is 5.32 Å². The zero-order chi connectivity index (χ0) is 14.0. The first kappa shape index (κ1) is 14.2. The van der Waals surface area contributed by atoms with E-state index in [9.17, 15) is 14.7 Å². The predicted octanol–water partition coefficient (Wildman–Crippen LogP) is 2.21. The molecule has 1 aliphatic carbocycles. The molecule has 19 heavy (non-hydrogen) atoms. The topological polar surface area (TPSA) is 69.6 Å². The quantitative estimate of drug-likeness (QED) is 0.821. The van der Waals surface area contributed by atoms with Crippen molar-refractivity contribution in [2.24, 2.45) is 5.92 Å². The predicted molar refractivity (Wildman–Crippen MR) is 71.9 cm³/mol. The molecule has 2 fully saturated rings. The van der Waals surface area contributed by atoms with Crippen LogP contribution in [-0.4, -0.2) is 40.1 Å². The maximum Gasteiger partial charge on any atom is 0.329 e. The number of nitrogens with one attached hydrogen (secondary N) is 1. The van der Waals surface area contributed by atoms with Crippen LogP contribution >= 0.6 is 0 Å². The second-order valence-electron chi connectivity index (χ2n) is 5.96. The number of nitrogens with zero attached hydrogens (tertiary/aromatic N) is 1. The molecule has 0 spiro atoms. The minimum atomic E-state index is -1.10. The SMILES string of the molecule is CCC1CCCCN1C(=O)NC(C)(C(=O)O)C1CC1. The standard InChI is InChI=1S/C14H24N2O3/c1-3-11-6-4-5-9-16(11)13(19)15-14(2,12(17)18)10-7-8-10/h10-11H,3-9H2,1-2H3,(H,15,19)(H,17,18). The zero-order valence-electron chi connectivity index (χ0n) is 11.8. The van der Waals surface area contributed by atoms with Gasteiger partial charge in [0.15, 0.2) is 0 Å². The molecule has 1 saturated heterocycles. The van der Waals surface area contributed by atoms with E-state index in [0.717, 1.165) is 45.1 Å². The highest BCUT2D eigenvalue weighted by atomic mass is 16.4. The Morgan fingerprint density at radius 1 is 1.32 bits per heavy atom. The molecule has 0 bridgehead atoms. The number of likely N-dealkylation sites (tertiary alicyclic amines) is 1. The van der Waals surface area contributed by atoms with Crippen LogP contribution in [0, 0.1) is 5.92 Å². The van der Waals surface area contributed by atoms with Crippen LogP contribution in [0.5, 0.6) is 0 Å². The summed E-state index contributed by atoms with van der Waals surface area (Å²) in [6.07, 6.45) is 5.90. The van der Waals surface area contributed by atoms with Gasteiger partial charge < -0.3 is 15.3 Å². The third-order valence-electron chi connectivity index (χ3n) is 4.56. The van der Waals surface area contributed by atoms with Crippen molar-refractivity contribution in [3.63, 3.8) is 0 Å². The summed E-state index contributed by atoms with van der Waals surface area (Å²) in [5.74, 6) is -0.841. The lowest BCUT2D eigenvalue weighted by molar-refractivity contribution is -0.144. The second kappa shape index (κ2) is 5.39. The van der Waals surface area contributed by atoms with Crippen LogP contribution in [0.2, 0.25) is 0 Å². The number of carbonyl (C=O) groups excluding carboxylic acids is 1. The fourth-order valence-electron chi connectivity index (χ4n) is 2.98. The molecule has 1 aliphatic heterocycles. The Labute approximate surface area is 114 Å². The molecule has 5 nitrogen and oxygen atoms in total. The monoisotopic (exact) mass is 268 g/mol. The molecule has 5 heteroatoms. The Morgan fingerprint density at radius 2 is 2.00 bits per heavy atom. The third kappa shape index (κ3) is 2.85. The Morgan fingerprint density at radius 3 is 2.53 bits per heavy atom. The summed E-state index contributed by atoms with van der Waals surface area (Å²) < 4.78 is 0. The highest BCUT2D eigenvalue weighted by molar-refractivity contribution is 5.86. The maximum absolute atomic E-state index is 12.4. The lowest BCUT2D eigenvalue weighted by Crippen LogP contribution is -2.59. The van der Waals surface area contributed by atoms with E-state index in [2.05, 4.69) is 12.2 Å². The van der Waals surface area contributed by atoms with Gasteiger partial charge in [0.1, 0.15) is 5.54 Å². The zero-order valence-corrected chi connectivity index (χ0v) is 11.8. The van der Waals surface area contributed by atoms with Crippen LogP contribution in [0.25, 0.3) is 0 Å². The Kier molecular flexibility index (Phi) is 4.02. The van der Waals surface area contributed by atoms with Gasteiger partial charge in [-0.05, 0) is 51.4 Å². The molecule has 0 radical (unpaired) electrons. The van der Waals surface area contributed by atoms with Crippen molar-refractivity contribution >= 4 is 12.0 Å². The number of hydrogen-bond acceptors (Lipinski definition) is 2. The molecule has 2 aliphatic rings. The number of amides is 2. The Balaban J connectivity index is 2.04. The van der Waals surface area contributed by atoms with Gasteiger partial charge in [0.05, 0.1) is 0 Å². The summed E-state index contributed by atoms with van der Waals surface area (Å²) >= 11 is 0. The summed E-state index contributed by atoms with van der Waals surface area (Å²) in [4.78, 5) is 25.6. The average molecular weight is 268 g/mol. The van der Waals surface area contributed by atoms with E-state index in [1.54, 1.807) is 6.92 Å². The van der Waals surface area contributed by atoms with Crippen LogP contribution in [0.3, 0.4) is 0 Å². The largest absolute Gasteiger partial charge is 0.480 e. The highest BCUT2D eigenvalue weighted by Crippen LogP contribution is 2.40. The molecule has 0 aromatic rings. The number of carboxylic acid groups (broad SMARTS) is 1. The Bertz CT molecular complexity index is 368. The van der Waals surface area contributed by atoms with Crippen LogP contribution in [0.4, 0.5) is 4.79 Å². The van der Waals surface area contributed by atoms with Crippen molar-refractivity contribution in [1.82, 2.24) is 10.2 Å². The highest BCUT2D eigenvalue weighted by Gasteiger charge is 2.49. The molecule has 108 valence electrons. The van der Waals surface area contributed by atoms with Gasteiger partial charge in [-0.2, -0.15) is 0 Å². The summed E-state index contributed by atoms with van der Waals surface area (Å²) in [5.41, 5.74) is -1.10. The van der Waals surface area contributed by atoms with Crippen molar-refractivity contribution in [1.29, 1.82) is 0 Å². The molecule has 2 N–H and O–H groups in total. The molecule has 1 heterocycles. The lowest BCUT2D eigenvalue weighted by Gasteiger charge is -2.38. The number of rotatable bonds is 4. The van der Waals surface area contributed by atoms with E-state index in [4.69, 9.17) is 0 Å². The number of carboxylic acids is 1. The average Bonchev–Trinajstić information content (AvgIpc) is 3.22. The first-order valence-corrected chi connectivity index (χ1v) is 7.31. The summed E-state index contributed by atoms with van der Waals surface area (Å²) in [5, 5.41) is 12.2. The van der Waals surface area contributed by atoms with Gasteiger partial charge in [-0.3, -0.25) is 0 Å². The van der Waals surface area contributed by atoms with Gasteiger partial charge in [-0.15, -0.1) is 0 Å². The first-order chi connectivity index (χ1) is 8.99. The van der Waals surface area contributed by atoms with E-state index in [-0.39, 0.29) is 18.0 Å². The second-order valence-corrected chi connectivity index (χ2v) is 5.96.